The van der Waals surface area contributed by atoms with Gasteiger partial charge in [0.1, 0.15) is 6.61 Å². The van der Waals surface area contributed by atoms with E-state index in [1.54, 1.807) is 25.1 Å². The van der Waals surface area contributed by atoms with Gasteiger partial charge < -0.3 is 20.1 Å². The van der Waals surface area contributed by atoms with Gasteiger partial charge in [-0.05, 0) is 25.5 Å². The lowest BCUT2D eigenvalue weighted by Crippen LogP contribution is -2.51. The predicted molar refractivity (Wildman–Crippen MR) is 98.5 cm³/mol. The zero-order chi connectivity index (χ0) is 20.0. The molecule has 0 unspecified atom stereocenters. The summed E-state index contributed by atoms with van der Waals surface area (Å²) in [5, 5.41) is 5.15. The molecule has 146 valence electrons. The molecule has 2 amide bonds. The third kappa shape index (κ3) is 4.94. The number of carbonyl (C=O) groups excluding carboxylic acids is 3. The van der Waals surface area contributed by atoms with E-state index in [1.807, 2.05) is 6.92 Å². The minimum atomic E-state index is -1.37. The molecular formula is C18H22N2O6S. The van der Waals surface area contributed by atoms with E-state index in [1.165, 1.54) is 12.3 Å². The topological polar surface area (TPSA) is 111 Å². The Hall–Kier alpha value is -2.68. The maximum absolute atomic E-state index is 12.4. The Morgan fingerprint density at radius 2 is 1.85 bits per heavy atom. The highest BCUT2D eigenvalue weighted by atomic mass is 32.2. The number of urea groups is 1. The second kappa shape index (κ2) is 9.31. The van der Waals surface area contributed by atoms with Crippen LogP contribution in [0.2, 0.25) is 0 Å². The molecule has 9 heteroatoms. The highest BCUT2D eigenvalue weighted by Gasteiger charge is 2.32. The summed E-state index contributed by atoms with van der Waals surface area (Å²) < 4.78 is 22.1. The number of benzene rings is 1. The van der Waals surface area contributed by atoms with Crippen LogP contribution in [0.25, 0.3) is 0 Å². The molecular weight excluding hydrogens is 372 g/mol. The van der Waals surface area contributed by atoms with Gasteiger partial charge in [-0.25, -0.2) is 14.4 Å². The predicted octanol–water partition coefficient (Wildman–Crippen LogP) is 1.49. The van der Waals surface area contributed by atoms with Gasteiger partial charge in [-0.1, -0.05) is 19.1 Å². The molecule has 2 rings (SSSR count). The van der Waals surface area contributed by atoms with Gasteiger partial charge >= 0.3 is 18.0 Å². The summed E-state index contributed by atoms with van der Waals surface area (Å²) in [6.07, 6.45) is 1.93. The third-order valence-corrected chi connectivity index (χ3v) is 4.89. The van der Waals surface area contributed by atoms with Crippen LogP contribution in [0.15, 0.2) is 40.4 Å². The van der Waals surface area contributed by atoms with E-state index in [4.69, 9.17) is 9.47 Å². The van der Waals surface area contributed by atoms with Gasteiger partial charge in [0.25, 0.3) is 0 Å². The third-order valence-electron chi connectivity index (χ3n) is 3.91. The molecule has 0 aromatic heterocycles. The van der Waals surface area contributed by atoms with Gasteiger partial charge in [-0.3, -0.25) is 4.21 Å². The molecule has 0 fully saturated rings. The van der Waals surface area contributed by atoms with Gasteiger partial charge in [0, 0.05) is 6.26 Å². The van der Waals surface area contributed by atoms with E-state index in [2.05, 4.69) is 10.6 Å². The van der Waals surface area contributed by atoms with Crippen molar-refractivity contribution in [2.45, 2.75) is 31.2 Å². The number of ether oxygens (including phenoxy) is 2. The van der Waals surface area contributed by atoms with Crippen molar-refractivity contribution in [3.8, 4) is 0 Å². The SMILES string of the molecule is CCOC(=O)C1=C(COC(=O)c2ccccc2[S@](C)=O)NC(=O)N[C@@H]1CC. The van der Waals surface area contributed by atoms with Crippen molar-refractivity contribution in [1.29, 1.82) is 0 Å². The molecule has 0 saturated heterocycles. The van der Waals surface area contributed by atoms with E-state index in [0.29, 0.717) is 11.3 Å². The van der Waals surface area contributed by atoms with Crippen molar-refractivity contribution in [3.63, 3.8) is 0 Å². The maximum atomic E-state index is 12.4. The molecule has 8 nitrogen and oxygen atoms in total. The van der Waals surface area contributed by atoms with Gasteiger partial charge in [0.2, 0.25) is 0 Å². The zero-order valence-electron chi connectivity index (χ0n) is 15.4. The first-order valence-corrected chi connectivity index (χ1v) is 10.0. The fraction of sp³-hybridized carbons (Fsp3) is 0.389. The Labute approximate surface area is 159 Å². The van der Waals surface area contributed by atoms with Crippen molar-refractivity contribution >= 4 is 28.8 Å². The lowest BCUT2D eigenvalue weighted by atomic mass is 10.0. The molecule has 1 heterocycles. The van der Waals surface area contributed by atoms with Crippen LogP contribution in [0.1, 0.15) is 30.6 Å². The number of carbonyl (C=O) groups is 3. The number of hydrogen-bond donors (Lipinski definition) is 2. The monoisotopic (exact) mass is 394 g/mol. The average molecular weight is 394 g/mol. The van der Waals surface area contributed by atoms with Crippen LogP contribution < -0.4 is 10.6 Å². The van der Waals surface area contributed by atoms with Crippen LogP contribution in [0, 0.1) is 0 Å². The van der Waals surface area contributed by atoms with E-state index >= 15 is 0 Å². The van der Waals surface area contributed by atoms with Gasteiger partial charge in [0.05, 0.1) is 45.2 Å². The summed E-state index contributed by atoms with van der Waals surface area (Å²) in [6, 6.07) is 5.37. The molecule has 2 atom stereocenters. The molecule has 0 spiro atoms. The summed E-state index contributed by atoms with van der Waals surface area (Å²) in [7, 11) is -1.37. The van der Waals surface area contributed by atoms with Crippen molar-refractivity contribution in [1.82, 2.24) is 10.6 Å². The van der Waals surface area contributed by atoms with E-state index in [0.717, 1.165) is 0 Å². The average Bonchev–Trinajstić information content (AvgIpc) is 2.65. The summed E-state index contributed by atoms with van der Waals surface area (Å²) in [5.74, 6) is -1.28. The summed E-state index contributed by atoms with van der Waals surface area (Å²) >= 11 is 0. The van der Waals surface area contributed by atoms with Crippen molar-refractivity contribution in [2.75, 3.05) is 19.5 Å². The highest BCUT2D eigenvalue weighted by Crippen LogP contribution is 2.19. The standard InChI is InChI=1S/C18H22N2O6S/c1-4-12-15(17(22)25-5-2)13(20-18(23)19-12)10-26-16(21)11-8-6-7-9-14(11)27(3)24/h6-9,12H,4-5,10H2,1-3H3,(H2,19,20,23)/t12-,27+/m1/s1. The molecule has 0 saturated carbocycles. The Morgan fingerprint density at radius 1 is 1.15 bits per heavy atom. The smallest absolute Gasteiger partial charge is 0.339 e. The van der Waals surface area contributed by atoms with Crippen LogP contribution in [-0.2, 0) is 25.1 Å². The molecule has 0 bridgehead atoms. The fourth-order valence-electron chi connectivity index (χ4n) is 2.68. The highest BCUT2D eigenvalue weighted by molar-refractivity contribution is 7.84. The van der Waals surface area contributed by atoms with Crippen LogP contribution in [-0.4, -0.2) is 47.7 Å². The van der Waals surface area contributed by atoms with Crippen molar-refractivity contribution in [3.05, 3.63) is 41.1 Å². The second-order valence-corrected chi connectivity index (χ2v) is 7.05. The Bertz CT molecular complexity index is 805. The van der Waals surface area contributed by atoms with Crippen molar-refractivity contribution < 1.29 is 28.1 Å². The normalized spacial score (nSPS) is 17.6. The number of hydrogen-bond acceptors (Lipinski definition) is 6. The molecule has 0 radical (unpaired) electrons. The molecule has 0 aliphatic carbocycles. The summed E-state index contributed by atoms with van der Waals surface area (Å²) in [5.41, 5.74) is 0.565. The van der Waals surface area contributed by atoms with Crippen LogP contribution >= 0.6 is 0 Å². The fourth-order valence-corrected chi connectivity index (χ4v) is 3.41. The van der Waals surface area contributed by atoms with Gasteiger partial charge in [0.15, 0.2) is 0 Å². The lowest BCUT2D eigenvalue weighted by molar-refractivity contribution is -0.139. The first-order valence-electron chi connectivity index (χ1n) is 8.46. The molecule has 1 aliphatic rings. The quantitative estimate of drug-likeness (QED) is 0.678. The Balaban J connectivity index is 2.27. The van der Waals surface area contributed by atoms with Crippen LogP contribution in [0.4, 0.5) is 4.79 Å². The van der Waals surface area contributed by atoms with Crippen LogP contribution in [0.3, 0.4) is 0 Å². The molecule has 1 aliphatic heterocycles. The van der Waals surface area contributed by atoms with Gasteiger partial charge in [-0.15, -0.1) is 0 Å². The molecule has 1 aromatic carbocycles. The Kier molecular flexibility index (Phi) is 7.12. The zero-order valence-corrected chi connectivity index (χ0v) is 16.2. The first-order chi connectivity index (χ1) is 12.9. The van der Waals surface area contributed by atoms with Gasteiger partial charge in [-0.2, -0.15) is 0 Å². The number of rotatable bonds is 7. The first kappa shape index (κ1) is 20.6. The van der Waals surface area contributed by atoms with E-state index in [9.17, 15) is 18.6 Å². The number of amides is 2. The van der Waals surface area contributed by atoms with E-state index in [-0.39, 0.29) is 30.0 Å². The number of esters is 2. The molecule has 2 N–H and O–H groups in total. The van der Waals surface area contributed by atoms with E-state index < -0.39 is 34.8 Å². The maximum Gasteiger partial charge on any atom is 0.339 e. The minimum Gasteiger partial charge on any atom is -0.463 e. The summed E-state index contributed by atoms with van der Waals surface area (Å²) in [4.78, 5) is 36.9. The second-order valence-electron chi connectivity index (χ2n) is 5.70. The largest absolute Gasteiger partial charge is 0.463 e. The van der Waals surface area contributed by atoms with Crippen LogP contribution in [0.5, 0.6) is 0 Å². The Morgan fingerprint density at radius 3 is 2.48 bits per heavy atom. The lowest BCUT2D eigenvalue weighted by Gasteiger charge is -2.28. The molecule has 27 heavy (non-hydrogen) atoms. The number of nitrogens with one attached hydrogen (secondary N) is 2. The minimum absolute atomic E-state index is 0.170. The van der Waals surface area contributed by atoms with Crippen molar-refractivity contribution in [2.24, 2.45) is 0 Å². The molecule has 1 aromatic rings. The summed E-state index contributed by atoms with van der Waals surface area (Å²) in [6.45, 7) is 3.35.